The van der Waals surface area contributed by atoms with E-state index in [4.69, 9.17) is 25.5 Å². The zero-order chi connectivity index (χ0) is 33.5. The van der Waals surface area contributed by atoms with Crippen molar-refractivity contribution in [3.05, 3.63) is 179 Å². The van der Waals surface area contributed by atoms with Crippen molar-refractivity contribution in [2.24, 2.45) is 0 Å². The van der Waals surface area contributed by atoms with Gasteiger partial charge >= 0.3 is 89.0 Å². The van der Waals surface area contributed by atoms with Crippen LogP contribution in [0.1, 0.15) is 51.8 Å². The summed E-state index contributed by atoms with van der Waals surface area (Å²) < 4.78 is 0. The van der Waals surface area contributed by atoms with Gasteiger partial charge in [0.05, 0.1) is 27.8 Å². The van der Waals surface area contributed by atoms with Gasteiger partial charge in [0.25, 0.3) is 0 Å². The Kier molecular flexibility index (Phi) is 25.3. The summed E-state index contributed by atoms with van der Waals surface area (Å²) in [4.78, 5) is 51.0. The van der Waals surface area contributed by atoms with Gasteiger partial charge in [-0.3, -0.25) is 0 Å². The quantitative estimate of drug-likeness (QED) is 0.148. The molecule has 0 aliphatic rings. The van der Waals surface area contributed by atoms with Gasteiger partial charge in [-0.05, 0) is 60.7 Å². The molecule has 0 heterocycles. The third-order valence-corrected chi connectivity index (χ3v) is 5.10. The van der Waals surface area contributed by atoms with Crippen molar-refractivity contribution in [2.75, 3.05) is 0 Å². The molecule has 5 N–H and O–H groups in total. The van der Waals surface area contributed by atoms with Gasteiger partial charge in [0.15, 0.2) is 0 Å². The summed E-state index contributed by atoms with van der Waals surface area (Å²) in [6.07, 6.45) is 0. The van der Waals surface area contributed by atoms with E-state index in [0.29, 0.717) is 27.8 Å². The predicted octanol–water partition coefficient (Wildman–Crippen LogP) is 5.63. The minimum absolute atomic E-state index is 0. The SMILES string of the molecule is O=C(O)c1ccccc1.O=C(O)c1ccccc1.O=C(O)c1ccccc1.O=C(O)c1ccccc1.O=C(O)c1ccccc1.[NaH].[NaH]. The summed E-state index contributed by atoms with van der Waals surface area (Å²) in [5.41, 5.74) is 1.66. The average molecular weight is 659 g/mol. The molecule has 0 fully saturated rings. The minimum atomic E-state index is -0.879. The predicted molar refractivity (Wildman–Crippen MR) is 181 cm³/mol. The van der Waals surface area contributed by atoms with Gasteiger partial charge < -0.3 is 25.5 Å². The van der Waals surface area contributed by atoms with Crippen LogP contribution < -0.4 is 0 Å². The molecule has 10 nitrogen and oxygen atoms in total. The van der Waals surface area contributed by atoms with E-state index < -0.39 is 29.8 Å². The van der Waals surface area contributed by atoms with Gasteiger partial charge in [-0.25, -0.2) is 24.0 Å². The number of benzene rings is 5. The summed E-state index contributed by atoms with van der Waals surface area (Å²) in [5, 5.41) is 41.9. The normalized spacial score (nSPS) is 8.51. The number of carboxylic acid groups (broad SMARTS) is 5. The zero-order valence-corrected chi connectivity index (χ0v) is 23.7. The third-order valence-electron chi connectivity index (χ3n) is 5.10. The number of hydrogen-bond donors (Lipinski definition) is 5. The first-order valence-corrected chi connectivity index (χ1v) is 12.9. The Hall–Kier alpha value is -4.55. The Bertz CT molecular complexity index is 1320. The van der Waals surface area contributed by atoms with Gasteiger partial charge in [-0.15, -0.1) is 0 Å². The number of aromatic carboxylic acids is 5. The molecule has 0 unspecified atom stereocenters. The second kappa shape index (κ2) is 26.6. The van der Waals surface area contributed by atoms with Gasteiger partial charge in [0, 0.05) is 0 Å². The summed E-state index contributed by atoms with van der Waals surface area (Å²) >= 11 is 0. The molecule has 5 rings (SSSR count). The second-order valence-electron chi connectivity index (χ2n) is 8.36. The fraction of sp³-hybridized carbons (Fsp3) is 0. The van der Waals surface area contributed by atoms with Crippen LogP contribution in [0, 0.1) is 0 Å². The van der Waals surface area contributed by atoms with E-state index >= 15 is 0 Å². The summed E-state index contributed by atoms with van der Waals surface area (Å²) in [5.74, 6) is -4.40. The second-order valence-corrected chi connectivity index (χ2v) is 8.36. The van der Waals surface area contributed by atoms with Crippen molar-refractivity contribution in [2.45, 2.75) is 0 Å². The van der Waals surface area contributed by atoms with E-state index in [9.17, 15) is 24.0 Å². The zero-order valence-electron chi connectivity index (χ0n) is 23.7. The van der Waals surface area contributed by atoms with Crippen LogP contribution in [-0.2, 0) is 0 Å². The molecule has 0 aromatic heterocycles. The first-order chi connectivity index (χ1) is 21.5. The van der Waals surface area contributed by atoms with Crippen molar-refractivity contribution >= 4 is 89.0 Å². The van der Waals surface area contributed by atoms with E-state index in [2.05, 4.69) is 0 Å². The van der Waals surface area contributed by atoms with E-state index in [0.717, 1.165) is 0 Å². The van der Waals surface area contributed by atoms with E-state index in [-0.39, 0.29) is 59.1 Å². The molecule has 0 spiro atoms. The first kappa shape index (κ1) is 44.6. The van der Waals surface area contributed by atoms with Gasteiger partial charge in [0.2, 0.25) is 0 Å². The Morgan fingerprint density at radius 1 is 0.255 bits per heavy atom. The molecule has 0 bridgehead atoms. The maximum atomic E-state index is 10.2. The number of hydrogen-bond acceptors (Lipinski definition) is 5. The van der Waals surface area contributed by atoms with Crippen molar-refractivity contribution in [3.63, 3.8) is 0 Å². The van der Waals surface area contributed by atoms with Crippen LogP contribution >= 0.6 is 0 Å². The Labute approximate surface area is 315 Å². The fourth-order valence-electron chi connectivity index (χ4n) is 2.90. The number of carboxylic acids is 5. The van der Waals surface area contributed by atoms with E-state index in [1.807, 2.05) is 0 Å². The molecular formula is C35H32Na2O10. The Morgan fingerprint density at radius 2 is 0.362 bits per heavy atom. The van der Waals surface area contributed by atoms with Crippen LogP contribution in [0.2, 0.25) is 0 Å². The number of rotatable bonds is 5. The molecular weight excluding hydrogens is 626 g/mol. The molecule has 0 atom stereocenters. The first-order valence-electron chi connectivity index (χ1n) is 12.9. The topological polar surface area (TPSA) is 186 Å². The molecule has 0 radical (unpaired) electrons. The molecule has 0 aliphatic carbocycles. The average Bonchev–Trinajstić information content (AvgIpc) is 3.08. The monoisotopic (exact) mass is 658 g/mol. The van der Waals surface area contributed by atoms with Crippen LogP contribution in [0.15, 0.2) is 152 Å². The third kappa shape index (κ3) is 21.0. The molecule has 0 amide bonds. The standard InChI is InChI=1S/5C7H6O2.2Na.2H/c5*8-7(9)6-4-2-1-3-5-6;;;;/h5*1-5H,(H,8,9);;;;. The maximum absolute atomic E-state index is 10.2. The van der Waals surface area contributed by atoms with Crippen LogP contribution in [0.3, 0.4) is 0 Å². The fourth-order valence-corrected chi connectivity index (χ4v) is 2.90. The van der Waals surface area contributed by atoms with E-state index in [1.165, 1.54) is 0 Å². The summed E-state index contributed by atoms with van der Waals surface area (Å²) in [7, 11) is 0. The molecule has 234 valence electrons. The molecule has 47 heavy (non-hydrogen) atoms. The van der Waals surface area contributed by atoms with Crippen LogP contribution in [0.25, 0.3) is 0 Å². The van der Waals surface area contributed by atoms with Crippen LogP contribution in [-0.4, -0.2) is 114 Å². The van der Waals surface area contributed by atoms with Crippen molar-refractivity contribution in [3.8, 4) is 0 Å². The van der Waals surface area contributed by atoms with Crippen molar-refractivity contribution < 1.29 is 49.5 Å². The Balaban J connectivity index is 0. The van der Waals surface area contributed by atoms with Gasteiger partial charge in [0.1, 0.15) is 0 Å². The molecule has 0 saturated carbocycles. The van der Waals surface area contributed by atoms with Crippen molar-refractivity contribution in [1.82, 2.24) is 0 Å². The van der Waals surface area contributed by atoms with E-state index in [1.54, 1.807) is 152 Å². The summed E-state index contributed by atoms with van der Waals surface area (Å²) in [6.45, 7) is 0. The summed E-state index contributed by atoms with van der Waals surface area (Å²) in [6, 6.07) is 41.5. The molecule has 0 aliphatic heterocycles. The number of carbonyl (C=O) groups is 5. The Morgan fingerprint density at radius 3 is 0.426 bits per heavy atom. The molecule has 0 saturated heterocycles. The van der Waals surface area contributed by atoms with Gasteiger partial charge in [-0.2, -0.15) is 0 Å². The van der Waals surface area contributed by atoms with Crippen LogP contribution in [0.4, 0.5) is 0 Å². The molecule has 5 aromatic carbocycles. The van der Waals surface area contributed by atoms with Crippen LogP contribution in [0.5, 0.6) is 0 Å². The van der Waals surface area contributed by atoms with Crippen molar-refractivity contribution in [1.29, 1.82) is 0 Å². The van der Waals surface area contributed by atoms with Gasteiger partial charge in [-0.1, -0.05) is 91.0 Å². The molecule has 12 heteroatoms. The molecule has 5 aromatic rings.